The number of nitrogens with zero attached hydrogens (tertiary/aromatic N) is 3. The van der Waals surface area contributed by atoms with E-state index in [0.29, 0.717) is 6.04 Å². The summed E-state index contributed by atoms with van der Waals surface area (Å²) in [5, 5.41) is 11.3. The molecule has 0 aliphatic heterocycles. The van der Waals surface area contributed by atoms with Gasteiger partial charge in [-0.3, -0.25) is 4.68 Å². The summed E-state index contributed by atoms with van der Waals surface area (Å²) in [6.45, 7) is 5.36. The molecule has 4 heteroatoms. The van der Waals surface area contributed by atoms with Crippen molar-refractivity contribution in [3.63, 3.8) is 0 Å². The molecule has 1 aromatic heterocycles. The maximum atomic E-state index is 4.02. The summed E-state index contributed by atoms with van der Waals surface area (Å²) in [5.41, 5.74) is 1.08. The summed E-state index contributed by atoms with van der Waals surface area (Å²) >= 11 is 0. The van der Waals surface area contributed by atoms with Crippen LogP contribution in [0.4, 0.5) is 0 Å². The van der Waals surface area contributed by atoms with Crippen molar-refractivity contribution in [2.75, 3.05) is 6.54 Å². The van der Waals surface area contributed by atoms with Gasteiger partial charge in [0.25, 0.3) is 0 Å². The highest BCUT2D eigenvalue weighted by Crippen LogP contribution is 1.95. The Kier molecular flexibility index (Phi) is 3.89. The molecule has 0 unspecified atom stereocenters. The molecule has 0 aromatic carbocycles. The van der Waals surface area contributed by atoms with Crippen molar-refractivity contribution in [1.29, 1.82) is 0 Å². The Morgan fingerprint density at radius 2 is 2.31 bits per heavy atom. The van der Waals surface area contributed by atoms with Crippen LogP contribution in [0.3, 0.4) is 0 Å². The Labute approximate surface area is 79.3 Å². The van der Waals surface area contributed by atoms with Crippen LogP contribution in [-0.2, 0) is 13.5 Å². The average Bonchev–Trinajstić information content (AvgIpc) is 2.45. The Morgan fingerprint density at radius 3 is 2.85 bits per heavy atom. The summed E-state index contributed by atoms with van der Waals surface area (Å²) in [6, 6.07) is 0.571. The molecule has 0 spiro atoms. The molecular weight excluding hydrogens is 164 g/mol. The van der Waals surface area contributed by atoms with E-state index in [1.54, 1.807) is 4.68 Å². The second-order valence-electron chi connectivity index (χ2n) is 3.60. The fourth-order valence-corrected chi connectivity index (χ4v) is 1.17. The van der Waals surface area contributed by atoms with Gasteiger partial charge in [0, 0.05) is 19.3 Å². The fraction of sp³-hybridized carbons (Fsp3) is 0.778. The standard InChI is InChI=1S/C9H18N4/c1-8(2)10-6-4-5-9-7-13(3)12-11-9/h7-8,10H,4-6H2,1-3H3. The van der Waals surface area contributed by atoms with Gasteiger partial charge in [0.15, 0.2) is 0 Å². The van der Waals surface area contributed by atoms with E-state index in [2.05, 4.69) is 29.5 Å². The first-order valence-electron chi connectivity index (χ1n) is 4.77. The van der Waals surface area contributed by atoms with Crippen molar-refractivity contribution in [3.8, 4) is 0 Å². The lowest BCUT2D eigenvalue weighted by atomic mass is 10.2. The van der Waals surface area contributed by atoms with E-state index >= 15 is 0 Å². The summed E-state index contributed by atoms with van der Waals surface area (Å²) < 4.78 is 1.74. The quantitative estimate of drug-likeness (QED) is 0.683. The molecule has 0 saturated carbocycles. The molecule has 1 heterocycles. The van der Waals surface area contributed by atoms with Crippen molar-refractivity contribution in [2.24, 2.45) is 7.05 Å². The maximum Gasteiger partial charge on any atom is 0.0827 e. The molecule has 0 aliphatic rings. The molecule has 13 heavy (non-hydrogen) atoms. The topological polar surface area (TPSA) is 42.7 Å². The molecule has 0 saturated heterocycles. The second-order valence-corrected chi connectivity index (χ2v) is 3.60. The minimum absolute atomic E-state index is 0.571. The Bertz CT molecular complexity index is 242. The highest BCUT2D eigenvalue weighted by Gasteiger charge is 1.98. The van der Waals surface area contributed by atoms with Gasteiger partial charge in [-0.25, -0.2) is 0 Å². The van der Waals surface area contributed by atoms with Gasteiger partial charge in [-0.05, 0) is 19.4 Å². The van der Waals surface area contributed by atoms with E-state index in [0.717, 1.165) is 25.1 Å². The zero-order valence-electron chi connectivity index (χ0n) is 8.62. The van der Waals surface area contributed by atoms with Crippen LogP contribution in [0.1, 0.15) is 26.0 Å². The second kappa shape index (κ2) is 4.97. The largest absolute Gasteiger partial charge is 0.315 e. The first-order valence-corrected chi connectivity index (χ1v) is 4.77. The lowest BCUT2D eigenvalue weighted by molar-refractivity contribution is 0.568. The van der Waals surface area contributed by atoms with Crippen LogP contribution in [0.25, 0.3) is 0 Å². The van der Waals surface area contributed by atoms with Crippen LogP contribution in [0.5, 0.6) is 0 Å². The predicted octanol–water partition coefficient (Wildman–Crippen LogP) is 0.746. The fourth-order valence-electron chi connectivity index (χ4n) is 1.17. The summed E-state index contributed by atoms with van der Waals surface area (Å²) in [6.07, 6.45) is 4.10. The summed E-state index contributed by atoms with van der Waals surface area (Å²) in [7, 11) is 1.89. The van der Waals surface area contributed by atoms with E-state index in [1.807, 2.05) is 13.2 Å². The molecule has 0 aliphatic carbocycles. The number of hydrogen-bond acceptors (Lipinski definition) is 3. The van der Waals surface area contributed by atoms with Crippen LogP contribution in [0.2, 0.25) is 0 Å². The van der Waals surface area contributed by atoms with Gasteiger partial charge in [-0.2, -0.15) is 0 Å². The van der Waals surface area contributed by atoms with Crippen LogP contribution >= 0.6 is 0 Å². The Hall–Kier alpha value is -0.900. The lowest BCUT2D eigenvalue weighted by Gasteiger charge is -2.05. The molecule has 0 atom stereocenters. The molecule has 0 amide bonds. The van der Waals surface area contributed by atoms with Crippen molar-refractivity contribution in [3.05, 3.63) is 11.9 Å². The summed E-state index contributed by atoms with van der Waals surface area (Å²) in [4.78, 5) is 0. The third kappa shape index (κ3) is 4.03. The minimum Gasteiger partial charge on any atom is -0.315 e. The Balaban J connectivity index is 2.13. The third-order valence-corrected chi connectivity index (χ3v) is 1.81. The normalized spacial score (nSPS) is 11.1. The molecule has 1 N–H and O–H groups in total. The van der Waals surface area contributed by atoms with E-state index < -0.39 is 0 Å². The van der Waals surface area contributed by atoms with Crippen molar-refractivity contribution >= 4 is 0 Å². The number of aryl methyl sites for hydroxylation is 2. The van der Waals surface area contributed by atoms with Crippen molar-refractivity contribution in [1.82, 2.24) is 20.3 Å². The molecule has 4 nitrogen and oxygen atoms in total. The van der Waals surface area contributed by atoms with Gasteiger partial charge in [-0.1, -0.05) is 19.1 Å². The van der Waals surface area contributed by atoms with Crippen molar-refractivity contribution < 1.29 is 0 Å². The van der Waals surface area contributed by atoms with Crippen molar-refractivity contribution in [2.45, 2.75) is 32.7 Å². The summed E-state index contributed by atoms with van der Waals surface area (Å²) in [5.74, 6) is 0. The van der Waals surface area contributed by atoms with Crippen LogP contribution in [0.15, 0.2) is 6.20 Å². The van der Waals surface area contributed by atoms with E-state index in [4.69, 9.17) is 0 Å². The number of aromatic nitrogens is 3. The van der Waals surface area contributed by atoms with Gasteiger partial charge in [-0.15, -0.1) is 5.10 Å². The monoisotopic (exact) mass is 182 g/mol. The zero-order valence-corrected chi connectivity index (χ0v) is 8.62. The average molecular weight is 182 g/mol. The van der Waals surface area contributed by atoms with Gasteiger partial charge >= 0.3 is 0 Å². The highest BCUT2D eigenvalue weighted by atomic mass is 15.4. The molecule has 74 valence electrons. The Morgan fingerprint density at radius 1 is 1.54 bits per heavy atom. The lowest BCUT2D eigenvalue weighted by Crippen LogP contribution is -2.23. The molecule has 0 fully saturated rings. The minimum atomic E-state index is 0.571. The van der Waals surface area contributed by atoms with Crippen LogP contribution in [0, 0.1) is 0 Å². The van der Waals surface area contributed by atoms with Gasteiger partial charge in [0.05, 0.1) is 5.69 Å². The maximum absolute atomic E-state index is 4.02. The zero-order chi connectivity index (χ0) is 9.68. The van der Waals surface area contributed by atoms with E-state index in [-0.39, 0.29) is 0 Å². The third-order valence-electron chi connectivity index (χ3n) is 1.81. The first-order chi connectivity index (χ1) is 6.18. The smallest absolute Gasteiger partial charge is 0.0827 e. The van der Waals surface area contributed by atoms with E-state index in [1.165, 1.54) is 0 Å². The predicted molar refractivity (Wildman–Crippen MR) is 52.5 cm³/mol. The number of hydrogen-bond donors (Lipinski definition) is 1. The van der Waals surface area contributed by atoms with Crippen LogP contribution in [-0.4, -0.2) is 27.6 Å². The molecule has 1 rings (SSSR count). The molecule has 0 radical (unpaired) electrons. The SMILES string of the molecule is CC(C)NCCCc1cn(C)nn1. The van der Waals surface area contributed by atoms with Gasteiger partial charge < -0.3 is 5.32 Å². The van der Waals surface area contributed by atoms with Gasteiger partial charge in [0.2, 0.25) is 0 Å². The van der Waals surface area contributed by atoms with E-state index in [9.17, 15) is 0 Å². The highest BCUT2D eigenvalue weighted by molar-refractivity contribution is 4.91. The number of nitrogens with one attached hydrogen (secondary N) is 1. The molecule has 0 bridgehead atoms. The van der Waals surface area contributed by atoms with Gasteiger partial charge in [0.1, 0.15) is 0 Å². The molecule has 1 aromatic rings. The number of rotatable bonds is 5. The first kappa shape index (κ1) is 10.2. The molecular formula is C9H18N4. The van der Waals surface area contributed by atoms with Crippen LogP contribution < -0.4 is 5.32 Å².